The van der Waals surface area contributed by atoms with Crippen LogP contribution in [0.2, 0.25) is 5.02 Å². The predicted molar refractivity (Wildman–Crippen MR) is 55.2 cm³/mol. The lowest BCUT2D eigenvalue weighted by Crippen LogP contribution is -1.95. The van der Waals surface area contributed by atoms with Crippen molar-refractivity contribution >= 4 is 11.6 Å². The van der Waals surface area contributed by atoms with Crippen LogP contribution in [0.25, 0.3) is 0 Å². The largest absolute Gasteiger partial charge is 0.492 e. The van der Waals surface area contributed by atoms with Crippen molar-refractivity contribution in [1.82, 2.24) is 0 Å². The van der Waals surface area contributed by atoms with Crippen LogP contribution in [0, 0.1) is 6.08 Å². The Bertz CT molecular complexity index is 294. The molecule has 1 aromatic carbocycles. The van der Waals surface area contributed by atoms with Gasteiger partial charge in [0, 0.05) is 0 Å². The van der Waals surface area contributed by atoms with Crippen LogP contribution in [-0.2, 0) is 0 Å². The Morgan fingerprint density at radius 1 is 1.54 bits per heavy atom. The summed E-state index contributed by atoms with van der Waals surface area (Å²) < 4.78 is 5.41. The molecule has 0 aliphatic rings. The summed E-state index contributed by atoms with van der Waals surface area (Å²) in [6.45, 7) is 6.29. The SMILES string of the molecule is C=[C]c1ccc(OCCC)c(Cl)c1. The van der Waals surface area contributed by atoms with Gasteiger partial charge in [0.25, 0.3) is 0 Å². The van der Waals surface area contributed by atoms with Crippen molar-refractivity contribution in [3.05, 3.63) is 41.4 Å². The predicted octanol–water partition coefficient (Wildman–Crippen LogP) is 3.47. The molecule has 0 aromatic heterocycles. The number of ether oxygens (including phenoxy) is 1. The fourth-order valence-electron chi connectivity index (χ4n) is 0.940. The van der Waals surface area contributed by atoms with Gasteiger partial charge in [-0.2, -0.15) is 0 Å². The van der Waals surface area contributed by atoms with Crippen LogP contribution in [0.1, 0.15) is 18.9 Å². The molecule has 1 rings (SSSR count). The van der Waals surface area contributed by atoms with E-state index in [0.29, 0.717) is 11.6 Å². The van der Waals surface area contributed by atoms with Crippen LogP contribution in [0.15, 0.2) is 24.8 Å². The van der Waals surface area contributed by atoms with Crippen LogP contribution < -0.4 is 4.74 Å². The zero-order valence-electron chi connectivity index (χ0n) is 7.64. The maximum Gasteiger partial charge on any atom is 0.137 e. The Balaban J connectivity index is 2.79. The van der Waals surface area contributed by atoms with E-state index in [1.807, 2.05) is 12.1 Å². The van der Waals surface area contributed by atoms with Crippen LogP contribution in [0.5, 0.6) is 5.75 Å². The molecule has 0 atom stereocenters. The Kier molecular flexibility index (Phi) is 3.84. The third-order valence-electron chi connectivity index (χ3n) is 1.60. The molecule has 69 valence electrons. The summed E-state index contributed by atoms with van der Waals surface area (Å²) in [4.78, 5) is 0. The molecule has 1 nitrogen and oxygen atoms in total. The van der Waals surface area contributed by atoms with E-state index in [1.54, 1.807) is 6.07 Å². The van der Waals surface area contributed by atoms with Gasteiger partial charge < -0.3 is 4.74 Å². The minimum Gasteiger partial charge on any atom is -0.492 e. The van der Waals surface area contributed by atoms with Gasteiger partial charge >= 0.3 is 0 Å². The monoisotopic (exact) mass is 195 g/mol. The summed E-state index contributed by atoms with van der Waals surface area (Å²) in [6, 6.07) is 5.51. The summed E-state index contributed by atoms with van der Waals surface area (Å²) >= 11 is 5.95. The van der Waals surface area contributed by atoms with E-state index in [2.05, 4.69) is 19.6 Å². The van der Waals surface area contributed by atoms with Crippen molar-refractivity contribution in [2.75, 3.05) is 6.61 Å². The van der Waals surface area contributed by atoms with Gasteiger partial charge in [-0.25, -0.2) is 0 Å². The summed E-state index contributed by atoms with van der Waals surface area (Å²) in [5.74, 6) is 0.725. The second-order valence-corrected chi connectivity index (χ2v) is 3.08. The van der Waals surface area contributed by atoms with Gasteiger partial charge in [0.15, 0.2) is 0 Å². The van der Waals surface area contributed by atoms with Crippen molar-refractivity contribution in [1.29, 1.82) is 0 Å². The van der Waals surface area contributed by atoms with Gasteiger partial charge in [0.1, 0.15) is 5.75 Å². The maximum atomic E-state index is 5.95. The van der Waals surface area contributed by atoms with Gasteiger partial charge in [-0.3, -0.25) is 0 Å². The number of halogens is 1. The minimum absolute atomic E-state index is 0.613. The third kappa shape index (κ3) is 2.78. The zero-order chi connectivity index (χ0) is 9.68. The molecule has 0 aliphatic heterocycles. The lowest BCUT2D eigenvalue weighted by atomic mass is 10.2. The summed E-state index contributed by atoms with van der Waals surface area (Å²) in [5, 5.41) is 0.613. The Morgan fingerprint density at radius 3 is 2.85 bits per heavy atom. The number of benzene rings is 1. The standard InChI is InChI=1S/C11H12ClO/c1-3-7-13-11-6-5-9(4-2)8-10(11)12/h5-6,8H,2-3,7H2,1H3. The molecule has 0 saturated carbocycles. The van der Waals surface area contributed by atoms with E-state index in [0.717, 1.165) is 17.7 Å². The second kappa shape index (κ2) is 4.93. The average Bonchev–Trinajstić information content (AvgIpc) is 2.16. The molecular weight excluding hydrogens is 184 g/mol. The maximum absolute atomic E-state index is 5.95. The molecule has 0 amide bonds. The average molecular weight is 196 g/mol. The van der Waals surface area contributed by atoms with Gasteiger partial charge in [-0.15, -0.1) is 0 Å². The molecule has 0 saturated heterocycles. The summed E-state index contributed by atoms with van der Waals surface area (Å²) in [7, 11) is 0. The highest BCUT2D eigenvalue weighted by Gasteiger charge is 2.00. The third-order valence-corrected chi connectivity index (χ3v) is 1.89. The first-order chi connectivity index (χ1) is 6.27. The van der Waals surface area contributed by atoms with Gasteiger partial charge in [0.2, 0.25) is 0 Å². The molecule has 0 bridgehead atoms. The fourth-order valence-corrected chi connectivity index (χ4v) is 1.17. The molecule has 0 fully saturated rings. The molecule has 0 N–H and O–H groups in total. The molecule has 0 heterocycles. The lowest BCUT2D eigenvalue weighted by molar-refractivity contribution is 0.317. The van der Waals surface area contributed by atoms with Crippen molar-refractivity contribution in [2.45, 2.75) is 13.3 Å². The molecule has 1 aromatic rings. The quantitative estimate of drug-likeness (QED) is 0.715. The summed E-state index contributed by atoms with van der Waals surface area (Å²) in [5.41, 5.74) is 0.883. The normalized spacial score (nSPS) is 9.69. The fraction of sp³-hybridized carbons (Fsp3) is 0.273. The number of rotatable bonds is 4. The smallest absolute Gasteiger partial charge is 0.137 e. The second-order valence-electron chi connectivity index (χ2n) is 2.67. The molecule has 0 unspecified atom stereocenters. The van der Waals surface area contributed by atoms with Crippen molar-refractivity contribution in [3.8, 4) is 5.75 Å². The zero-order valence-corrected chi connectivity index (χ0v) is 8.40. The van der Waals surface area contributed by atoms with Gasteiger partial charge in [-0.1, -0.05) is 31.2 Å². The van der Waals surface area contributed by atoms with E-state index in [1.165, 1.54) is 0 Å². The molecule has 0 aliphatic carbocycles. The van der Waals surface area contributed by atoms with Crippen molar-refractivity contribution < 1.29 is 4.74 Å². The van der Waals surface area contributed by atoms with Gasteiger partial charge in [0.05, 0.1) is 11.6 Å². The Morgan fingerprint density at radius 2 is 2.31 bits per heavy atom. The van der Waals surface area contributed by atoms with E-state index >= 15 is 0 Å². The van der Waals surface area contributed by atoms with Crippen LogP contribution >= 0.6 is 11.6 Å². The van der Waals surface area contributed by atoms with Crippen LogP contribution in [0.4, 0.5) is 0 Å². The number of hydrogen-bond acceptors (Lipinski definition) is 1. The molecule has 2 heteroatoms. The van der Waals surface area contributed by atoms with Crippen LogP contribution in [0.3, 0.4) is 0 Å². The van der Waals surface area contributed by atoms with Crippen LogP contribution in [-0.4, -0.2) is 6.61 Å². The first-order valence-corrected chi connectivity index (χ1v) is 4.61. The lowest BCUT2D eigenvalue weighted by Gasteiger charge is -2.06. The highest BCUT2D eigenvalue weighted by molar-refractivity contribution is 6.32. The minimum atomic E-state index is 0.613. The van der Waals surface area contributed by atoms with Crippen molar-refractivity contribution in [2.24, 2.45) is 0 Å². The summed E-state index contributed by atoms with van der Waals surface area (Å²) in [6.07, 6.45) is 3.74. The van der Waals surface area contributed by atoms with E-state index in [-0.39, 0.29) is 0 Å². The molecular formula is C11H12ClO. The van der Waals surface area contributed by atoms with E-state index < -0.39 is 0 Å². The topological polar surface area (TPSA) is 9.23 Å². The molecule has 0 spiro atoms. The highest BCUT2D eigenvalue weighted by Crippen LogP contribution is 2.25. The van der Waals surface area contributed by atoms with Gasteiger partial charge in [-0.05, 0) is 30.2 Å². The highest BCUT2D eigenvalue weighted by atomic mass is 35.5. The van der Waals surface area contributed by atoms with Crippen molar-refractivity contribution in [3.63, 3.8) is 0 Å². The Labute approximate surface area is 84.0 Å². The van der Waals surface area contributed by atoms with E-state index in [9.17, 15) is 0 Å². The first kappa shape index (κ1) is 10.1. The molecule has 1 radical (unpaired) electrons. The first-order valence-electron chi connectivity index (χ1n) is 4.23. The number of hydrogen-bond donors (Lipinski definition) is 0. The Hall–Kier alpha value is -0.950. The molecule has 13 heavy (non-hydrogen) atoms. The van der Waals surface area contributed by atoms with E-state index in [4.69, 9.17) is 16.3 Å².